The molecule has 3 nitrogen and oxygen atoms in total. The number of rotatable bonds is 4. The minimum Gasteiger partial charge on any atom is -0.342 e. The number of aromatic nitrogens is 2. The molecule has 16 heavy (non-hydrogen) atoms. The topological polar surface area (TPSA) is 54.7 Å². The first kappa shape index (κ1) is 11.1. The van der Waals surface area contributed by atoms with Crippen LogP contribution in [0.3, 0.4) is 0 Å². The fourth-order valence-corrected chi connectivity index (χ4v) is 1.94. The molecule has 0 bridgehead atoms. The van der Waals surface area contributed by atoms with Gasteiger partial charge in [-0.25, -0.2) is 4.98 Å². The Morgan fingerprint density at radius 3 is 2.94 bits per heavy atom. The van der Waals surface area contributed by atoms with Crippen LogP contribution in [0.1, 0.15) is 31.2 Å². The van der Waals surface area contributed by atoms with Crippen LogP contribution < -0.4 is 5.73 Å². The fraction of sp³-hybridized carbons (Fsp3) is 0.462. The van der Waals surface area contributed by atoms with Gasteiger partial charge in [0.15, 0.2) is 0 Å². The summed E-state index contributed by atoms with van der Waals surface area (Å²) >= 11 is 0. The molecule has 2 rings (SSSR count). The Hall–Kier alpha value is -1.35. The Kier molecular flexibility index (Phi) is 3.25. The Morgan fingerprint density at radius 1 is 1.44 bits per heavy atom. The van der Waals surface area contributed by atoms with Gasteiger partial charge in [-0.3, -0.25) is 0 Å². The van der Waals surface area contributed by atoms with Gasteiger partial charge in [0, 0.05) is 12.5 Å². The molecule has 1 unspecified atom stereocenters. The zero-order chi connectivity index (χ0) is 11.5. The van der Waals surface area contributed by atoms with Crippen LogP contribution in [0.15, 0.2) is 18.2 Å². The maximum absolute atomic E-state index is 5.73. The molecule has 0 spiro atoms. The van der Waals surface area contributed by atoms with E-state index in [0.717, 1.165) is 36.1 Å². The predicted octanol–water partition coefficient (Wildman–Crippen LogP) is 2.54. The number of aromatic amines is 1. The van der Waals surface area contributed by atoms with Crippen molar-refractivity contribution in [3.8, 4) is 0 Å². The lowest BCUT2D eigenvalue weighted by molar-refractivity contribution is 0.616. The smallest absolute Gasteiger partial charge is 0.107 e. The molecule has 0 fully saturated rings. The van der Waals surface area contributed by atoms with E-state index in [9.17, 15) is 0 Å². The molecule has 0 aliphatic heterocycles. The van der Waals surface area contributed by atoms with Crippen LogP contribution in [0.4, 0.5) is 0 Å². The van der Waals surface area contributed by atoms with E-state index in [2.05, 4.69) is 35.1 Å². The first-order chi connectivity index (χ1) is 7.66. The van der Waals surface area contributed by atoms with Crippen molar-refractivity contribution >= 4 is 11.0 Å². The Morgan fingerprint density at radius 2 is 2.25 bits per heavy atom. The lowest BCUT2D eigenvalue weighted by atomic mass is 10.1. The van der Waals surface area contributed by atoms with Gasteiger partial charge in [0.2, 0.25) is 0 Å². The second-order valence-electron chi connectivity index (χ2n) is 4.52. The normalized spacial score (nSPS) is 13.2. The average Bonchev–Trinajstić information content (AvgIpc) is 2.61. The van der Waals surface area contributed by atoms with Gasteiger partial charge in [-0.05, 0) is 38.3 Å². The summed E-state index contributed by atoms with van der Waals surface area (Å²) in [5, 5.41) is 0. The molecule has 0 amide bonds. The Labute approximate surface area is 96.1 Å². The van der Waals surface area contributed by atoms with E-state index in [1.807, 2.05) is 6.92 Å². The number of benzene rings is 1. The fourth-order valence-electron chi connectivity index (χ4n) is 1.94. The summed E-state index contributed by atoms with van der Waals surface area (Å²) < 4.78 is 0. The van der Waals surface area contributed by atoms with E-state index in [0.29, 0.717) is 0 Å². The van der Waals surface area contributed by atoms with E-state index in [1.165, 1.54) is 5.56 Å². The number of hydrogen-bond donors (Lipinski definition) is 2. The molecule has 1 aromatic carbocycles. The number of fused-ring (bicyclic) bond motifs is 1. The van der Waals surface area contributed by atoms with Crippen LogP contribution in [0.2, 0.25) is 0 Å². The van der Waals surface area contributed by atoms with Gasteiger partial charge in [-0.15, -0.1) is 0 Å². The number of nitrogens with zero attached hydrogens (tertiary/aromatic N) is 1. The van der Waals surface area contributed by atoms with Gasteiger partial charge < -0.3 is 10.7 Å². The highest BCUT2D eigenvalue weighted by Gasteiger charge is 2.04. The number of para-hydroxylation sites is 1. The van der Waals surface area contributed by atoms with Crippen LogP contribution in [0.5, 0.6) is 0 Å². The number of H-pyrrole nitrogens is 1. The summed E-state index contributed by atoms with van der Waals surface area (Å²) in [5.41, 5.74) is 9.18. The lowest BCUT2D eigenvalue weighted by Crippen LogP contribution is -2.14. The SMILES string of the molecule is Cc1cccc2[nH]c(CCCC(C)N)nc12. The highest BCUT2D eigenvalue weighted by Crippen LogP contribution is 2.16. The van der Waals surface area contributed by atoms with Gasteiger partial charge in [-0.1, -0.05) is 12.1 Å². The second kappa shape index (κ2) is 4.66. The van der Waals surface area contributed by atoms with Gasteiger partial charge in [0.1, 0.15) is 5.82 Å². The number of nitrogens with one attached hydrogen (secondary N) is 1. The Balaban J connectivity index is 2.11. The maximum atomic E-state index is 5.73. The molecule has 86 valence electrons. The molecule has 1 aromatic heterocycles. The molecule has 0 radical (unpaired) electrons. The lowest BCUT2D eigenvalue weighted by Gasteiger charge is -2.01. The number of nitrogens with two attached hydrogens (primary N) is 1. The van der Waals surface area contributed by atoms with Crippen molar-refractivity contribution in [1.29, 1.82) is 0 Å². The molecule has 0 aliphatic rings. The summed E-state index contributed by atoms with van der Waals surface area (Å²) in [4.78, 5) is 7.97. The summed E-state index contributed by atoms with van der Waals surface area (Å²) in [6.45, 7) is 4.14. The van der Waals surface area contributed by atoms with Crippen molar-refractivity contribution in [1.82, 2.24) is 9.97 Å². The quantitative estimate of drug-likeness (QED) is 0.827. The minimum absolute atomic E-state index is 0.283. The zero-order valence-corrected chi connectivity index (χ0v) is 9.96. The molecular formula is C13H19N3. The largest absolute Gasteiger partial charge is 0.342 e. The minimum atomic E-state index is 0.283. The van der Waals surface area contributed by atoms with Gasteiger partial charge >= 0.3 is 0 Å². The van der Waals surface area contributed by atoms with Crippen LogP contribution in [-0.4, -0.2) is 16.0 Å². The molecule has 3 N–H and O–H groups in total. The van der Waals surface area contributed by atoms with E-state index in [1.54, 1.807) is 0 Å². The number of imidazole rings is 1. The van der Waals surface area contributed by atoms with Crippen molar-refractivity contribution in [2.75, 3.05) is 0 Å². The zero-order valence-electron chi connectivity index (χ0n) is 9.96. The summed E-state index contributed by atoms with van der Waals surface area (Å²) in [5.74, 6) is 1.07. The number of aryl methyl sites for hydroxylation is 2. The van der Waals surface area contributed by atoms with Crippen molar-refractivity contribution in [3.63, 3.8) is 0 Å². The molecular weight excluding hydrogens is 198 g/mol. The molecule has 0 saturated carbocycles. The highest BCUT2D eigenvalue weighted by molar-refractivity contribution is 5.78. The highest BCUT2D eigenvalue weighted by atomic mass is 14.9. The molecule has 0 aliphatic carbocycles. The van der Waals surface area contributed by atoms with Crippen molar-refractivity contribution < 1.29 is 0 Å². The van der Waals surface area contributed by atoms with Gasteiger partial charge in [0.25, 0.3) is 0 Å². The maximum Gasteiger partial charge on any atom is 0.107 e. The monoisotopic (exact) mass is 217 g/mol. The van der Waals surface area contributed by atoms with Gasteiger partial charge in [0.05, 0.1) is 11.0 Å². The third kappa shape index (κ3) is 2.42. The van der Waals surface area contributed by atoms with E-state index in [4.69, 9.17) is 5.73 Å². The van der Waals surface area contributed by atoms with Gasteiger partial charge in [-0.2, -0.15) is 0 Å². The van der Waals surface area contributed by atoms with Crippen molar-refractivity contribution in [2.45, 2.75) is 39.2 Å². The molecule has 1 heterocycles. The van der Waals surface area contributed by atoms with Crippen LogP contribution >= 0.6 is 0 Å². The average molecular weight is 217 g/mol. The summed E-state index contributed by atoms with van der Waals surface area (Å²) in [6.07, 6.45) is 3.13. The third-order valence-electron chi connectivity index (χ3n) is 2.84. The molecule has 0 saturated heterocycles. The first-order valence-electron chi connectivity index (χ1n) is 5.86. The number of hydrogen-bond acceptors (Lipinski definition) is 2. The van der Waals surface area contributed by atoms with Crippen LogP contribution in [0, 0.1) is 6.92 Å². The summed E-state index contributed by atoms with van der Waals surface area (Å²) in [7, 11) is 0. The first-order valence-corrected chi connectivity index (χ1v) is 5.86. The molecule has 3 heteroatoms. The molecule has 1 atom stereocenters. The van der Waals surface area contributed by atoms with Crippen molar-refractivity contribution in [3.05, 3.63) is 29.6 Å². The second-order valence-corrected chi connectivity index (χ2v) is 4.52. The third-order valence-corrected chi connectivity index (χ3v) is 2.84. The summed E-state index contributed by atoms with van der Waals surface area (Å²) in [6, 6.07) is 6.51. The predicted molar refractivity (Wildman–Crippen MR) is 67.4 cm³/mol. The van der Waals surface area contributed by atoms with Crippen LogP contribution in [0.25, 0.3) is 11.0 Å². The van der Waals surface area contributed by atoms with Crippen LogP contribution in [-0.2, 0) is 6.42 Å². The van der Waals surface area contributed by atoms with E-state index < -0.39 is 0 Å². The van der Waals surface area contributed by atoms with E-state index >= 15 is 0 Å². The van der Waals surface area contributed by atoms with Crippen molar-refractivity contribution in [2.24, 2.45) is 5.73 Å². The standard InChI is InChI=1S/C13H19N3/c1-9-5-3-7-11-13(9)16-12(15-11)8-4-6-10(2)14/h3,5,7,10H,4,6,8,14H2,1-2H3,(H,15,16). The van der Waals surface area contributed by atoms with E-state index in [-0.39, 0.29) is 6.04 Å². The molecule has 2 aromatic rings. The Bertz CT molecular complexity index is 471.